The molecule has 0 radical (unpaired) electrons. The summed E-state index contributed by atoms with van der Waals surface area (Å²) in [5, 5.41) is 14.6. The maximum absolute atomic E-state index is 11.6. The van der Waals surface area contributed by atoms with E-state index >= 15 is 0 Å². The molecule has 2 rings (SSSR count). The zero-order chi connectivity index (χ0) is 17.4. The Morgan fingerprint density at radius 1 is 1.29 bits per heavy atom. The number of benzene rings is 1. The number of aliphatic hydroxyl groups excluding tert-OH is 1. The Labute approximate surface area is 144 Å². The number of hydrogen-bond donors (Lipinski definition) is 3. The second-order valence-corrected chi connectivity index (χ2v) is 6.56. The van der Waals surface area contributed by atoms with E-state index in [2.05, 4.69) is 57.8 Å². The van der Waals surface area contributed by atoms with Crippen LogP contribution < -0.4 is 10.6 Å². The quantitative estimate of drug-likeness (QED) is 0.652. The summed E-state index contributed by atoms with van der Waals surface area (Å²) >= 11 is 0. The van der Waals surface area contributed by atoms with Crippen LogP contribution in [0.3, 0.4) is 0 Å². The van der Waals surface area contributed by atoms with Crippen LogP contribution in [0.25, 0.3) is 0 Å². The summed E-state index contributed by atoms with van der Waals surface area (Å²) in [6.45, 7) is 6.68. The normalized spacial score (nSPS) is 20.5. The third-order valence-electron chi connectivity index (χ3n) is 4.34. The fraction of sp³-hybridized carbons (Fsp3) is 0.611. The van der Waals surface area contributed by atoms with Crippen LogP contribution in [0.5, 0.6) is 0 Å². The van der Waals surface area contributed by atoms with E-state index in [1.54, 1.807) is 6.92 Å². The molecule has 1 aliphatic rings. The number of nitrogens with zero attached hydrogens (tertiary/aromatic N) is 2. The number of carbonyl (C=O) groups excluding carboxylic acids is 1. The van der Waals surface area contributed by atoms with Crippen molar-refractivity contribution >= 4 is 6.03 Å². The van der Waals surface area contributed by atoms with Gasteiger partial charge in [0.1, 0.15) is 0 Å². The Bertz CT molecular complexity index is 495. The third-order valence-corrected chi connectivity index (χ3v) is 4.34. The summed E-state index contributed by atoms with van der Waals surface area (Å²) in [5.74, 6) is 0. The lowest BCUT2D eigenvalue weighted by atomic mass is 10.0. The topological polar surface area (TPSA) is 67.8 Å². The summed E-state index contributed by atoms with van der Waals surface area (Å²) in [6.07, 6.45) is 0.391. The third kappa shape index (κ3) is 6.11. The summed E-state index contributed by atoms with van der Waals surface area (Å²) in [5.41, 5.74) is 1.35. The first kappa shape index (κ1) is 18.7. The Balaban J connectivity index is 1.76. The molecule has 0 spiro atoms. The van der Waals surface area contributed by atoms with Crippen molar-refractivity contribution in [2.75, 3.05) is 46.3 Å². The highest BCUT2D eigenvalue weighted by molar-refractivity contribution is 5.73. The van der Waals surface area contributed by atoms with Crippen molar-refractivity contribution in [2.45, 2.75) is 25.5 Å². The molecule has 0 saturated carbocycles. The van der Waals surface area contributed by atoms with Gasteiger partial charge in [0.2, 0.25) is 0 Å². The average Bonchev–Trinajstić information content (AvgIpc) is 2.58. The zero-order valence-corrected chi connectivity index (χ0v) is 14.7. The molecule has 3 N–H and O–H groups in total. The fourth-order valence-electron chi connectivity index (χ4n) is 3.00. The number of carbonyl (C=O) groups is 1. The van der Waals surface area contributed by atoms with Crippen LogP contribution in [0, 0.1) is 0 Å². The number of aliphatic hydroxyl groups is 1. The molecule has 0 bridgehead atoms. The minimum absolute atomic E-state index is 0.214. The Morgan fingerprint density at radius 3 is 2.75 bits per heavy atom. The molecule has 0 aliphatic carbocycles. The van der Waals surface area contributed by atoms with Gasteiger partial charge in [-0.3, -0.25) is 4.90 Å². The SMILES string of the molecule is C[C@@H](O)CNC(=O)NCCCN1CCN(C)C[C@H]1c1ccccc1. The lowest BCUT2D eigenvalue weighted by Gasteiger charge is -2.40. The Morgan fingerprint density at radius 2 is 2.04 bits per heavy atom. The lowest BCUT2D eigenvalue weighted by molar-refractivity contribution is 0.0889. The minimum Gasteiger partial charge on any atom is -0.392 e. The van der Waals surface area contributed by atoms with Gasteiger partial charge < -0.3 is 20.6 Å². The van der Waals surface area contributed by atoms with Crippen LogP contribution in [-0.4, -0.2) is 73.4 Å². The Hall–Kier alpha value is -1.63. The minimum atomic E-state index is -0.521. The van der Waals surface area contributed by atoms with Gasteiger partial charge in [0.15, 0.2) is 0 Å². The summed E-state index contributed by atoms with van der Waals surface area (Å²) in [7, 11) is 2.17. The summed E-state index contributed by atoms with van der Waals surface area (Å²) < 4.78 is 0. The van der Waals surface area contributed by atoms with Gasteiger partial charge in [-0.1, -0.05) is 30.3 Å². The molecule has 24 heavy (non-hydrogen) atoms. The van der Waals surface area contributed by atoms with E-state index in [0.29, 0.717) is 12.6 Å². The van der Waals surface area contributed by atoms with Crippen LogP contribution in [-0.2, 0) is 0 Å². The number of likely N-dealkylation sites (N-methyl/N-ethyl adjacent to an activating group) is 1. The smallest absolute Gasteiger partial charge is 0.314 e. The molecule has 0 aromatic heterocycles. The average molecular weight is 334 g/mol. The van der Waals surface area contributed by atoms with E-state index in [0.717, 1.165) is 32.6 Å². The van der Waals surface area contributed by atoms with Gasteiger partial charge >= 0.3 is 6.03 Å². The van der Waals surface area contributed by atoms with Gasteiger partial charge in [-0.2, -0.15) is 0 Å². The highest BCUT2D eigenvalue weighted by Gasteiger charge is 2.25. The van der Waals surface area contributed by atoms with Gasteiger partial charge in [0.25, 0.3) is 0 Å². The van der Waals surface area contributed by atoms with Gasteiger partial charge in [-0.25, -0.2) is 4.79 Å². The highest BCUT2D eigenvalue weighted by Crippen LogP contribution is 2.24. The standard InChI is InChI=1S/C18H30N4O2/c1-15(23)13-20-18(24)19-9-6-10-22-12-11-21(2)14-17(22)16-7-4-3-5-8-16/h3-5,7-8,15,17,23H,6,9-14H2,1-2H3,(H2,19,20,24)/t15-,17+/m1/s1. The molecule has 1 aliphatic heterocycles. The van der Waals surface area contributed by atoms with Crippen LogP contribution in [0.2, 0.25) is 0 Å². The van der Waals surface area contributed by atoms with Crippen molar-refractivity contribution in [1.29, 1.82) is 0 Å². The predicted octanol–water partition coefficient (Wildman–Crippen LogP) is 1.05. The molecule has 2 amide bonds. The molecule has 1 aromatic rings. The van der Waals surface area contributed by atoms with Gasteiger partial charge in [-0.15, -0.1) is 0 Å². The van der Waals surface area contributed by atoms with E-state index in [4.69, 9.17) is 5.11 Å². The summed E-state index contributed by atoms with van der Waals surface area (Å²) in [4.78, 5) is 16.4. The maximum Gasteiger partial charge on any atom is 0.314 e. The lowest BCUT2D eigenvalue weighted by Crippen LogP contribution is -2.47. The van der Waals surface area contributed by atoms with Crippen LogP contribution in [0.15, 0.2) is 30.3 Å². The molecule has 0 unspecified atom stereocenters. The van der Waals surface area contributed by atoms with Crippen molar-refractivity contribution < 1.29 is 9.90 Å². The Kier molecular flexibility index (Phi) is 7.49. The van der Waals surface area contributed by atoms with Crippen molar-refractivity contribution in [3.63, 3.8) is 0 Å². The molecule has 1 saturated heterocycles. The number of nitrogens with one attached hydrogen (secondary N) is 2. The number of amides is 2. The zero-order valence-electron chi connectivity index (χ0n) is 14.7. The van der Waals surface area contributed by atoms with Gasteiger partial charge in [0.05, 0.1) is 6.10 Å². The van der Waals surface area contributed by atoms with Crippen molar-refractivity contribution in [3.8, 4) is 0 Å². The molecule has 6 heteroatoms. The molecule has 1 heterocycles. The van der Waals surface area contributed by atoms with E-state index < -0.39 is 6.10 Å². The second kappa shape index (κ2) is 9.61. The first-order valence-corrected chi connectivity index (χ1v) is 8.73. The number of hydrogen-bond acceptors (Lipinski definition) is 4. The first-order valence-electron chi connectivity index (χ1n) is 8.73. The molecule has 6 nitrogen and oxygen atoms in total. The van der Waals surface area contributed by atoms with Crippen molar-refractivity contribution in [1.82, 2.24) is 20.4 Å². The maximum atomic E-state index is 11.6. The monoisotopic (exact) mass is 334 g/mol. The van der Waals surface area contributed by atoms with Crippen LogP contribution >= 0.6 is 0 Å². The van der Waals surface area contributed by atoms with E-state index in [-0.39, 0.29) is 12.6 Å². The number of rotatable bonds is 7. The largest absolute Gasteiger partial charge is 0.392 e. The molecule has 134 valence electrons. The van der Waals surface area contributed by atoms with Gasteiger partial charge in [-0.05, 0) is 26.0 Å². The second-order valence-electron chi connectivity index (χ2n) is 6.56. The van der Waals surface area contributed by atoms with Crippen molar-refractivity contribution in [3.05, 3.63) is 35.9 Å². The molecule has 1 fully saturated rings. The van der Waals surface area contributed by atoms with Crippen molar-refractivity contribution in [2.24, 2.45) is 0 Å². The molecular weight excluding hydrogens is 304 g/mol. The summed E-state index contributed by atoms with van der Waals surface area (Å²) in [6, 6.07) is 10.8. The van der Waals surface area contributed by atoms with E-state index in [9.17, 15) is 4.79 Å². The predicted molar refractivity (Wildman–Crippen MR) is 96.0 cm³/mol. The van der Waals surface area contributed by atoms with E-state index in [1.807, 2.05) is 0 Å². The molecular formula is C18H30N4O2. The number of piperazine rings is 1. The molecule has 2 atom stereocenters. The highest BCUT2D eigenvalue weighted by atomic mass is 16.3. The van der Waals surface area contributed by atoms with Gasteiger partial charge in [0, 0.05) is 45.3 Å². The molecule has 1 aromatic carbocycles. The van der Waals surface area contributed by atoms with Crippen LogP contribution in [0.1, 0.15) is 24.9 Å². The van der Waals surface area contributed by atoms with Crippen LogP contribution in [0.4, 0.5) is 4.79 Å². The first-order chi connectivity index (χ1) is 11.6. The number of urea groups is 1. The van der Waals surface area contributed by atoms with E-state index in [1.165, 1.54) is 5.56 Å². The fourth-order valence-corrected chi connectivity index (χ4v) is 3.00.